The van der Waals surface area contributed by atoms with Gasteiger partial charge in [0.2, 0.25) is 0 Å². The Kier molecular flexibility index (Phi) is 6.71. The molecule has 0 heterocycles. The molecule has 4 heteroatoms. The molecule has 0 radical (unpaired) electrons. The number of ether oxygens (including phenoxy) is 3. The van der Waals surface area contributed by atoms with E-state index in [2.05, 4.69) is 0 Å². The number of hydrogen-bond acceptors (Lipinski definition) is 3. The lowest BCUT2D eigenvalue weighted by molar-refractivity contribution is 0.107. The Hall–Kier alpha value is -2.07. The van der Waals surface area contributed by atoms with Gasteiger partial charge in [0.1, 0.15) is 24.8 Å². The van der Waals surface area contributed by atoms with Crippen molar-refractivity contribution in [3.05, 3.63) is 59.7 Å². The van der Waals surface area contributed by atoms with E-state index < -0.39 is 6.67 Å². The van der Waals surface area contributed by atoms with Gasteiger partial charge in [-0.15, -0.1) is 0 Å². The average Bonchev–Trinajstić information content (AvgIpc) is 2.56. The number of rotatable bonds is 9. The van der Waals surface area contributed by atoms with Gasteiger partial charge in [-0.2, -0.15) is 0 Å². The third-order valence-electron chi connectivity index (χ3n) is 3.04. The molecule has 0 aromatic heterocycles. The molecule has 22 heavy (non-hydrogen) atoms. The first-order valence-electron chi connectivity index (χ1n) is 7.39. The van der Waals surface area contributed by atoms with Crippen LogP contribution in [0.15, 0.2) is 48.5 Å². The van der Waals surface area contributed by atoms with Gasteiger partial charge in [0, 0.05) is 0 Å². The highest BCUT2D eigenvalue weighted by molar-refractivity contribution is 5.28. The van der Waals surface area contributed by atoms with Crippen LogP contribution in [0.4, 0.5) is 4.39 Å². The second-order valence-corrected chi connectivity index (χ2v) is 4.75. The van der Waals surface area contributed by atoms with Crippen molar-refractivity contribution in [3.8, 4) is 11.5 Å². The molecule has 2 aromatic rings. The number of halogens is 1. The van der Waals surface area contributed by atoms with Crippen molar-refractivity contribution in [1.82, 2.24) is 0 Å². The minimum absolute atomic E-state index is 0.0909. The van der Waals surface area contributed by atoms with Gasteiger partial charge in [-0.25, -0.2) is 4.39 Å². The first-order chi connectivity index (χ1) is 10.8. The van der Waals surface area contributed by atoms with Crippen LogP contribution in [0, 0.1) is 0 Å². The van der Waals surface area contributed by atoms with E-state index in [1.807, 2.05) is 55.5 Å². The summed E-state index contributed by atoms with van der Waals surface area (Å²) in [6, 6.07) is 15.4. The fourth-order valence-electron chi connectivity index (χ4n) is 1.97. The van der Waals surface area contributed by atoms with Crippen molar-refractivity contribution in [2.75, 3.05) is 19.9 Å². The van der Waals surface area contributed by atoms with E-state index in [0.29, 0.717) is 25.6 Å². The third-order valence-corrected chi connectivity index (χ3v) is 3.04. The van der Waals surface area contributed by atoms with Crippen LogP contribution >= 0.6 is 0 Å². The van der Waals surface area contributed by atoms with Crippen molar-refractivity contribution in [2.45, 2.75) is 20.1 Å². The summed E-state index contributed by atoms with van der Waals surface area (Å²) in [7, 11) is 0. The zero-order valence-corrected chi connectivity index (χ0v) is 12.8. The molecule has 0 unspecified atom stereocenters. The van der Waals surface area contributed by atoms with Gasteiger partial charge in [0.25, 0.3) is 0 Å². The summed E-state index contributed by atoms with van der Waals surface area (Å²) in [4.78, 5) is 0. The predicted molar refractivity (Wildman–Crippen MR) is 84.0 cm³/mol. The third kappa shape index (κ3) is 5.37. The van der Waals surface area contributed by atoms with E-state index in [0.717, 1.165) is 16.9 Å². The number of alkyl halides is 1. The SMILES string of the molecule is CCOc1ccc(COCc2ccc(OCCF)cc2)cc1. The van der Waals surface area contributed by atoms with Crippen molar-refractivity contribution in [3.63, 3.8) is 0 Å². The second-order valence-electron chi connectivity index (χ2n) is 4.75. The smallest absolute Gasteiger partial charge is 0.123 e. The van der Waals surface area contributed by atoms with Crippen LogP contribution in [0.1, 0.15) is 18.1 Å². The Balaban J connectivity index is 1.75. The molecule has 0 amide bonds. The van der Waals surface area contributed by atoms with Crippen LogP contribution in [0.3, 0.4) is 0 Å². The predicted octanol–water partition coefficient (Wildman–Crippen LogP) is 4.15. The average molecular weight is 304 g/mol. The zero-order chi connectivity index (χ0) is 15.6. The van der Waals surface area contributed by atoms with Gasteiger partial charge < -0.3 is 14.2 Å². The van der Waals surface area contributed by atoms with E-state index in [4.69, 9.17) is 14.2 Å². The van der Waals surface area contributed by atoms with Crippen molar-refractivity contribution in [1.29, 1.82) is 0 Å². The summed E-state index contributed by atoms with van der Waals surface area (Å²) < 4.78 is 28.3. The molecule has 0 aliphatic rings. The lowest BCUT2D eigenvalue weighted by Crippen LogP contribution is -1.99. The molecule has 0 spiro atoms. The Labute approximate surface area is 130 Å². The standard InChI is InChI=1S/C18H21FO3/c1-2-21-17-7-3-15(4-8-17)13-20-14-16-5-9-18(10-6-16)22-12-11-19/h3-10H,2,11-14H2,1H3. The Morgan fingerprint density at radius 2 is 1.27 bits per heavy atom. The summed E-state index contributed by atoms with van der Waals surface area (Å²) in [5.41, 5.74) is 2.16. The van der Waals surface area contributed by atoms with Crippen LogP contribution in [-0.4, -0.2) is 19.9 Å². The quantitative estimate of drug-likeness (QED) is 0.696. The molecule has 0 aliphatic heterocycles. The van der Waals surface area contributed by atoms with Crippen molar-refractivity contribution < 1.29 is 18.6 Å². The summed E-state index contributed by atoms with van der Waals surface area (Å²) in [6.45, 7) is 3.31. The lowest BCUT2D eigenvalue weighted by Gasteiger charge is -2.08. The monoisotopic (exact) mass is 304 g/mol. The Morgan fingerprint density at radius 1 is 0.773 bits per heavy atom. The molecule has 3 nitrogen and oxygen atoms in total. The lowest BCUT2D eigenvalue weighted by atomic mass is 10.2. The van der Waals surface area contributed by atoms with Crippen molar-refractivity contribution in [2.24, 2.45) is 0 Å². The maximum absolute atomic E-state index is 12.0. The van der Waals surface area contributed by atoms with Crippen LogP contribution in [0.5, 0.6) is 11.5 Å². The molecule has 0 fully saturated rings. The van der Waals surface area contributed by atoms with Gasteiger partial charge in [-0.05, 0) is 42.3 Å². The molecular weight excluding hydrogens is 283 g/mol. The zero-order valence-electron chi connectivity index (χ0n) is 12.8. The molecule has 118 valence electrons. The van der Waals surface area contributed by atoms with Gasteiger partial charge >= 0.3 is 0 Å². The molecule has 0 aliphatic carbocycles. The minimum Gasteiger partial charge on any atom is -0.494 e. The van der Waals surface area contributed by atoms with E-state index in [1.54, 1.807) is 0 Å². The molecular formula is C18H21FO3. The molecule has 2 aromatic carbocycles. The first kappa shape index (κ1) is 16.3. The summed E-state index contributed by atoms with van der Waals surface area (Å²) in [6.07, 6.45) is 0. The van der Waals surface area contributed by atoms with E-state index >= 15 is 0 Å². The summed E-state index contributed by atoms with van der Waals surface area (Å²) >= 11 is 0. The second kappa shape index (κ2) is 9.05. The first-order valence-corrected chi connectivity index (χ1v) is 7.39. The molecule has 0 atom stereocenters. The highest BCUT2D eigenvalue weighted by Gasteiger charge is 1.98. The molecule has 0 saturated heterocycles. The number of hydrogen-bond donors (Lipinski definition) is 0. The van der Waals surface area contributed by atoms with Crippen LogP contribution < -0.4 is 9.47 Å². The largest absolute Gasteiger partial charge is 0.494 e. The minimum atomic E-state index is -0.479. The maximum Gasteiger partial charge on any atom is 0.123 e. The van der Waals surface area contributed by atoms with Gasteiger partial charge in [0.05, 0.1) is 19.8 Å². The van der Waals surface area contributed by atoms with Gasteiger partial charge in [-0.3, -0.25) is 0 Å². The van der Waals surface area contributed by atoms with Crippen molar-refractivity contribution >= 4 is 0 Å². The summed E-state index contributed by atoms with van der Waals surface area (Å²) in [5.74, 6) is 1.54. The van der Waals surface area contributed by atoms with E-state index in [-0.39, 0.29) is 6.61 Å². The van der Waals surface area contributed by atoms with Gasteiger partial charge in [0.15, 0.2) is 0 Å². The fraction of sp³-hybridized carbons (Fsp3) is 0.333. The van der Waals surface area contributed by atoms with Crippen LogP contribution in [0.2, 0.25) is 0 Å². The molecule has 0 N–H and O–H groups in total. The Morgan fingerprint density at radius 3 is 1.73 bits per heavy atom. The summed E-state index contributed by atoms with van der Waals surface area (Å²) in [5, 5.41) is 0. The normalized spacial score (nSPS) is 10.5. The number of benzene rings is 2. The molecule has 0 saturated carbocycles. The molecule has 2 rings (SSSR count). The highest BCUT2D eigenvalue weighted by atomic mass is 19.1. The van der Waals surface area contributed by atoms with Crippen LogP contribution in [0.25, 0.3) is 0 Å². The van der Waals surface area contributed by atoms with E-state index in [1.165, 1.54) is 0 Å². The molecule has 0 bridgehead atoms. The van der Waals surface area contributed by atoms with E-state index in [9.17, 15) is 4.39 Å². The maximum atomic E-state index is 12.0. The highest BCUT2D eigenvalue weighted by Crippen LogP contribution is 2.15. The van der Waals surface area contributed by atoms with Gasteiger partial charge in [-0.1, -0.05) is 24.3 Å². The fourth-order valence-corrected chi connectivity index (χ4v) is 1.97. The van der Waals surface area contributed by atoms with Crippen LogP contribution in [-0.2, 0) is 18.0 Å². The Bertz CT molecular complexity index is 537. The topological polar surface area (TPSA) is 27.7 Å².